The normalized spacial score (nSPS) is 14.2. The summed E-state index contributed by atoms with van der Waals surface area (Å²) >= 11 is 0. The lowest BCUT2D eigenvalue weighted by Gasteiger charge is -2.12. The number of rotatable bonds is 2. The van der Waals surface area contributed by atoms with E-state index in [-0.39, 0.29) is 0 Å². The van der Waals surface area contributed by atoms with Gasteiger partial charge in [0.1, 0.15) is 11.3 Å². The number of hydrogen-bond donors (Lipinski definition) is 0. The van der Waals surface area contributed by atoms with Gasteiger partial charge in [-0.1, -0.05) is 78.9 Å². The van der Waals surface area contributed by atoms with Crippen molar-refractivity contribution >= 4 is 49.2 Å². The predicted octanol–water partition coefficient (Wildman–Crippen LogP) is 10.2. The van der Waals surface area contributed by atoms with E-state index in [1.807, 2.05) is 0 Å². The fourth-order valence-electron chi connectivity index (χ4n) is 6.67. The molecular formula is C36H23NO. The molecule has 0 atom stereocenters. The van der Waals surface area contributed by atoms with Crippen LogP contribution >= 0.6 is 0 Å². The van der Waals surface area contributed by atoms with E-state index in [0.29, 0.717) is 0 Å². The number of nitrogens with zero attached hydrogens (tertiary/aromatic N) is 1. The lowest BCUT2D eigenvalue weighted by atomic mass is 9.98. The first-order chi connectivity index (χ1) is 18.8. The Morgan fingerprint density at radius 3 is 2.29 bits per heavy atom. The average Bonchev–Trinajstić information content (AvgIpc) is 3.62. The van der Waals surface area contributed by atoms with Crippen molar-refractivity contribution in [1.82, 2.24) is 4.57 Å². The topological polar surface area (TPSA) is 18.1 Å². The number of allylic oxidation sites excluding steroid dienone is 4. The summed E-state index contributed by atoms with van der Waals surface area (Å²) in [6, 6.07) is 35.4. The molecule has 2 heteroatoms. The number of hydrogen-bond acceptors (Lipinski definition) is 1. The Hall–Kier alpha value is -4.82. The van der Waals surface area contributed by atoms with Gasteiger partial charge in [0.15, 0.2) is 0 Å². The summed E-state index contributed by atoms with van der Waals surface area (Å²) in [5, 5.41) is 6.32. The van der Waals surface area contributed by atoms with Crippen molar-refractivity contribution in [3.05, 3.63) is 115 Å². The zero-order chi connectivity index (χ0) is 24.8. The maximum absolute atomic E-state index is 6.46. The molecule has 0 aliphatic heterocycles. The highest BCUT2D eigenvalue weighted by atomic mass is 16.3. The van der Waals surface area contributed by atoms with E-state index in [2.05, 4.69) is 120 Å². The third-order valence-electron chi connectivity index (χ3n) is 8.35. The Morgan fingerprint density at radius 2 is 1.42 bits per heavy atom. The van der Waals surface area contributed by atoms with E-state index in [9.17, 15) is 0 Å². The molecule has 2 heterocycles. The molecule has 7 aromatic rings. The van der Waals surface area contributed by atoms with Crippen molar-refractivity contribution in [3.8, 4) is 33.6 Å². The summed E-state index contributed by atoms with van der Waals surface area (Å²) in [5.41, 5.74) is 10.8. The smallest absolute Gasteiger partial charge is 0.143 e. The second kappa shape index (κ2) is 7.36. The van der Waals surface area contributed by atoms with Crippen LogP contribution in [0.2, 0.25) is 0 Å². The zero-order valence-electron chi connectivity index (χ0n) is 20.7. The van der Waals surface area contributed by atoms with Crippen LogP contribution in [0.3, 0.4) is 0 Å². The Bertz CT molecular complexity index is 2180. The van der Waals surface area contributed by atoms with E-state index >= 15 is 0 Å². The van der Waals surface area contributed by atoms with Crippen LogP contribution in [0.15, 0.2) is 120 Å². The molecule has 0 bridgehead atoms. The largest absolute Gasteiger partial charge is 0.455 e. The number of aromatic nitrogens is 1. The summed E-state index contributed by atoms with van der Waals surface area (Å²) in [5.74, 6) is 0.997. The number of benzene rings is 5. The lowest BCUT2D eigenvalue weighted by Crippen LogP contribution is -1.96. The molecule has 2 aliphatic rings. The molecule has 0 fully saturated rings. The van der Waals surface area contributed by atoms with Gasteiger partial charge in [-0.25, -0.2) is 0 Å². The average molecular weight is 486 g/mol. The van der Waals surface area contributed by atoms with Crippen LogP contribution in [0, 0.1) is 0 Å². The third-order valence-corrected chi connectivity index (χ3v) is 8.35. The lowest BCUT2D eigenvalue weighted by molar-refractivity contribution is 0.634. The molecule has 9 rings (SSSR count). The molecule has 0 saturated carbocycles. The highest BCUT2D eigenvalue weighted by Gasteiger charge is 2.27. The fraction of sp³-hybridized carbons (Fsp3) is 0.0556. The van der Waals surface area contributed by atoms with Crippen LogP contribution in [-0.4, -0.2) is 4.57 Å². The molecular weight excluding hydrogens is 462 g/mol. The molecule has 0 saturated heterocycles. The third kappa shape index (κ3) is 2.62. The molecule has 5 aromatic carbocycles. The van der Waals surface area contributed by atoms with Gasteiger partial charge in [0.2, 0.25) is 0 Å². The second-order valence-corrected chi connectivity index (χ2v) is 10.4. The van der Waals surface area contributed by atoms with Gasteiger partial charge in [-0.15, -0.1) is 0 Å². The monoisotopic (exact) mass is 485 g/mol. The standard InChI is InChI=1S/C36H23NO/c1-2-10-25(11-3-1)37-31-15-5-4-12-26(31)29-20-23(16-18-32(29)37)24-17-19-33-30(21-24)35-27-13-6-8-22-9-7-14-28(34(22)27)36(35)38-33/h2,4-21H,1,3H2. The van der Waals surface area contributed by atoms with E-state index in [4.69, 9.17) is 4.42 Å². The van der Waals surface area contributed by atoms with Crippen LogP contribution in [0.5, 0.6) is 0 Å². The molecule has 0 amide bonds. The molecule has 2 nitrogen and oxygen atoms in total. The number of para-hydroxylation sites is 1. The van der Waals surface area contributed by atoms with Crippen molar-refractivity contribution in [2.45, 2.75) is 12.8 Å². The van der Waals surface area contributed by atoms with Gasteiger partial charge in [-0.2, -0.15) is 0 Å². The molecule has 0 unspecified atom stereocenters. The van der Waals surface area contributed by atoms with Gasteiger partial charge >= 0.3 is 0 Å². The summed E-state index contributed by atoms with van der Waals surface area (Å²) in [4.78, 5) is 0. The number of furan rings is 1. The minimum absolute atomic E-state index is 0.943. The van der Waals surface area contributed by atoms with Gasteiger partial charge in [0, 0.05) is 38.4 Å². The molecule has 0 N–H and O–H groups in total. The maximum atomic E-state index is 6.46. The van der Waals surface area contributed by atoms with Gasteiger partial charge < -0.3 is 8.98 Å². The van der Waals surface area contributed by atoms with Crippen molar-refractivity contribution in [2.75, 3.05) is 0 Å². The van der Waals surface area contributed by atoms with E-state index in [0.717, 1.165) is 24.2 Å². The Morgan fingerprint density at radius 1 is 0.632 bits per heavy atom. The zero-order valence-corrected chi connectivity index (χ0v) is 20.7. The maximum Gasteiger partial charge on any atom is 0.143 e. The molecule has 178 valence electrons. The van der Waals surface area contributed by atoms with Gasteiger partial charge in [0.05, 0.1) is 11.0 Å². The van der Waals surface area contributed by atoms with Crippen LogP contribution in [0.1, 0.15) is 12.8 Å². The van der Waals surface area contributed by atoms with Gasteiger partial charge in [-0.3, -0.25) is 0 Å². The summed E-state index contributed by atoms with van der Waals surface area (Å²) in [7, 11) is 0. The highest BCUT2D eigenvalue weighted by Crippen LogP contribution is 2.52. The summed E-state index contributed by atoms with van der Waals surface area (Å²) in [6.45, 7) is 0. The minimum Gasteiger partial charge on any atom is -0.455 e. The van der Waals surface area contributed by atoms with Crippen molar-refractivity contribution in [1.29, 1.82) is 0 Å². The predicted molar refractivity (Wildman–Crippen MR) is 159 cm³/mol. The Balaban J connectivity index is 1.26. The Kier molecular flexibility index (Phi) is 3.93. The first kappa shape index (κ1) is 20.3. The highest BCUT2D eigenvalue weighted by molar-refractivity contribution is 6.20. The van der Waals surface area contributed by atoms with Gasteiger partial charge in [-0.05, 0) is 71.3 Å². The van der Waals surface area contributed by atoms with E-state index in [1.54, 1.807) is 0 Å². The van der Waals surface area contributed by atoms with Crippen molar-refractivity contribution in [3.63, 3.8) is 0 Å². The Labute approximate surface area is 219 Å². The van der Waals surface area contributed by atoms with Crippen molar-refractivity contribution < 1.29 is 4.42 Å². The van der Waals surface area contributed by atoms with Crippen LogP contribution < -0.4 is 0 Å². The minimum atomic E-state index is 0.943. The molecule has 2 aromatic heterocycles. The molecule has 0 radical (unpaired) electrons. The summed E-state index contributed by atoms with van der Waals surface area (Å²) < 4.78 is 8.87. The van der Waals surface area contributed by atoms with Crippen molar-refractivity contribution in [2.24, 2.45) is 0 Å². The second-order valence-electron chi connectivity index (χ2n) is 10.4. The quantitative estimate of drug-likeness (QED) is 0.238. The first-order valence-electron chi connectivity index (χ1n) is 13.3. The fourth-order valence-corrected chi connectivity index (χ4v) is 6.67. The molecule has 0 spiro atoms. The molecule has 2 aliphatic carbocycles. The van der Waals surface area contributed by atoms with Crippen LogP contribution in [0.25, 0.3) is 82.8 Å². The van der Waals surface area contributed by atoms with E-state index in [1.165, 1.54) is 71.5 Å². The summed E-state index contributed by atoms with van der Waals surface area (Å²) in [6.07, 6.45) is 9.10. The number of fused-ring (bicyclic) bond motifs is 8. The first-order valence-corrected chi connectivity index (χ1v) is 13.3. The van der Waals surface area contributed by atoms with Crippen LogP contribution in [-0.2, 0) is 0 Å². The SMILES string of the molecule is C1=CC(n2c3ccccc3c3cc(-c4ccc5oc6c(c5c4)-c4cccc5cccc-6c45)ccc32)=CCC1. The molecule has 38 heavy (non-hydrogen) atoms. The van der Waals surface area contributed by atoms with E-state index < -0.39 is 0 Å². The van der Waals surface area contributed by atoms with Gasteiger partial charge in [0.25, 0.3) is 0 Å². The van der Waals surface area contributed by atoms with Crippen LogP contribution in [0.4, 0.5) is 0 Å².